The maximum Gasteiger partial charge on any atom is 0.392 e. The van der Waals surface area contributed by atoms with E-state index in [1.165, 1.54) is 31.4 Å². The predicted octanol–water partition coefficient (Wildman–Crippen LogP) is 6.42. The Morgan fingerprint density at radius 1 is 1.06 bits per heavy atom. The number of hydrogen-bond acceptors (Lipinski definition) is 10. The van der Waals surface area contributed by atoms with E-state index in [0.717, 1.165) is 36.7 Å². The van der Waals surface area contributed by atoms with E-state index in [9.17, 15) is 37.1 Å². The Bertz CT molecular complexity index is 1570. The Balaban J connectivity index is 1.85. The first kappa shape index (κ1) is 44.5. The Morgan fingerprint density at radius 2 is 1.72 bits per heavy atom. The van der Waals surface area contributed by atoms with Crippen molar-refractivity contribution in [3.8, 4) is 0 Å². The molecule has 0 saturated carbocycles. The highest BCUT2D eigenvalue weighted by atomic mass is 32.1. The van der Waals surface area contributed by atoms with Crippen LogP contribution in [-0.4, -0.2) is 96.4 Å². The van der Waals surface area contributed by atoms with Gasteiger partial charge < -0.3 is 19.7 Å². The number of nitrogens with one attached hydrogen (secondary N) is 1. The van der Waals surface area contributed by atoms with Gasteiger partial charge in [0.2, 0.25) is 5.91 Å². The molecule has 1 saturated heterocycles. The predicted molar refractivity (Wildman–Crippen MR) is 198 cm³/mol. The molecular weight excluding hydrogens is 726 g/mol. The van der Waals surface area contributed by atoms with E-state index in [1.807, 2.05) is 35.2 Å². The second-order valence-electron chi connectivity index (χ2n) is 14.8. The lowest BCUT2D eigenvalue weighted by molar-refractivity contribution is -0.191. The summed E-state index contributed by atoms with van der Waals surface area (Å²) in [6, 6.07) is 7.73. The van der Waals surface area contributed by atoms with Crippen molar-refractivity contribution in [2.45, 2.75) is 110 Å². The summed E-state index contributed by atoms with van der Waals surface area (Å²) in [7, 11) is 4.48. The molecule has 2 heterocycles. The number of likely N-dealkylation sites (N-methyl/N-ethyl adjacent to an activating group) is 1. The summed E-state index contributed by atoms with van der Waals surface area (Å²) in [6.07, 6.45) is -3.39. The second-order valence-corrected chi connectivity index (χ2v) is 15.7. The number of ketones is 1. The molecule has 2 aromatic rings. The highest BCUT2D eigenvalue weighted by molar-refractivity contribution is 7.09. The summed E-state index contributed by atoms with van der Waals surface area (Å²) in [5.41, 5.74) is 0.997. The number of esters is 2. The van der Waals surface area contributed by atoms with Gasteiger partial charge in [-0.25, -0.2) is 4.98 Å². The van der Waals surface area contributed by atoms with Gasteiger partial charge in [-0.05, 0) is 50.8 Å². The summed E-state index contributed by atoms with van der Waals surface area (Å²) >= 11 is 1.07. The zero-order chi connectivity index (χ0) is 40.3. The zero-order valence-corrected chi connectivity index (χ0v) is 33.3. The third-order valence-corrected chi connectivity index (χ3v) is 11.2. The lowest BCUT2D eigenvalue weighted by atomic mass is 9.83. The van der Waals surface area contributed by atoms with Crippen molar-refractivity contribution in [3.63, 3.8) is 0 Å². The van der Waals surface area contributed by atoms with Crippen LogP contribution in [0.4, 0.5) is 13.2 Å². The van der Waals surface area contributed by atoms with Gasteiger partial charge in [0.25, 0.3) is 5.91 Å². The molecule has 0 spiro atoms. The number of alkyl halides is 3. The Labute approximate surface area is 320 Å². The minimum Gasteiger partial charge on any atom is -0.469 e. The third-order valence-electron chi connectivity index (χ3n) is 10.3. The maximum absolute atomic E-state index is 14.2. The molecule has 1 aliphatic heterocycles. The van der Waals surface area contributed by atoms with Crippen LogP contribution >= 0.6 is 11.3 Å². The Morgan fingerprint density at radius 3 is 2.30 bits per heavy atom. The van der Waals surface area contributed by atoms with Crippen LogP contribution in [0, 0.1) is 23.7 Å². The fourth-order valence-electron chi connectivity index (χ4n) is 7.08. The number of hydrogen-bond donors (Lipinski definition) is 1. The SMILES string of the molecule is COC(=O)[C@@H](C)C[C@H](Cc1ccccc1)NC(=O)c1csc([C@@H](C[C@H](C(C)C)N(C)C(=O)[C@@H](CC(=O)[C@H]2CCCCN2C)C(C)C(F)(F)F)OC(C)=O)n1. The van der Waals surface area contributed by atoms with E-state index in [0.29, 0.717) is 25.8 Å². The average Bonchev–Trinajstić information content (AvgIpc) is 3.61. The molecule has 1 aromatic carbocycles. The molecular formula is C39H55F3N4O7S. The van der Waals surface area contributed by atoms with E-state index >= 15 is 0 Å². The Hall–Kier alpha value is -3.85. The van der Waals surface area contributed by atoms with Crippen LogP contribution in [0.2, 0.25) is 0 Å². The normalized spacial score (nSPS) is 18.5. The molecule has 15 heteroatoms. The molecule has 1 aliphatic rings. The standard InChI is InChI=1S/C39H55F3N4O7S/c1-23(2)32(46(7)37(50)29(25(4)39(40,41)42)20-33(48)31-16-12-13-17-45(31)6)21-34(53-26(5)47)36-44-30(22-54-36)35(49)43-28(18-24(3)38(51)52-8)19-27-14-10-9-11-15-27/h9-11,14-15,22-25,28-29,31-32,34H,12-13,16-21H2,1-8H3,(H,43,49)/t24-,25?,28+,29-,31+,32+,34+/m0/s1. The summed E-state index contributed by atoms with van der Waals surface area (Å²) in [6.45, 7) is 8.10. The molecule has 3 rings (SSSR count). The van der Waals surface area contributed by atoms with Gasteiger partial charge in [-0.2, -0.15) is 13.2 Å². The highest BCUT2D eigenvalue weighted by Gasteiger charge is 2.47. The van der Waals surface area contributed by atoms with Crippen molar-refractivity contribution in [1.82, 2.24) is 20.1 Å². The van der Waals surface area contributed by atoms with E-state index in [1.54, 1.807) is 27.8 Å². The fraction of sp³-hybridized carbons (Fsp3) is 0.641. The van der Waals surface area contributed by atoms with Crippen molar-refractivity contribution >= 4 is 40.9 Å². The van der Waals surface area contributed by atoms with Crippen molar-refractivity contribution in [3.05, 3.63) is 52.0 Å². The highest BCUT2D eigenvalue weighted by Crippen LogP contribution is 2.37. The Kier molecular flexibility index (Phi) is 16.6. The summed E-state index contributed by atoms with van der Waals surface area (Å²) in [5, 5.41) is 4.74. The first-order valence-electron chi connectivity index (χ1n) is 18.4. The van der Waals surface area contributed by atoms with Gasteiger partial charge in [-0.3, -0.25) is 28.9 Å². The smallest absolute Gasteiger partial charge is 0.392 e. The number of likely N-dealkylation sites (tertiary alicyclic amines) is 1. The van der Waals surface area contributed by atoms with Crippen molar-refractivity contribution < 1.29 is 46.6 Å². The number of thiazole rings is 1. The van der Waals surface area contributed by atoms with Crippen LogP contribution < -0.4 is 5.32 Å². The average molecular weight is 781 g/mol. The topological polar surface area (TPSA) is 135 Å². The van der Waals surface area contributed by atoms with Gasteiger partial charge in [0.1, 0.15) is 10.7 Å². The number of rotatable bonds is 18. The number of carbonyl (C=O) groups excluding carboxylic acids is 5. The molecule has 54 heavy (non-hydrogen) atoms. The molecule has 2 amide bonds. The quantitative estimate of drug-likeness (QED) is 0.170. The number of amides is 2. The molecule has 1 unspecified atom stereocenters. The van der Waals surface area contributed by atoms with Crippen LogP contribution in [0.5, 0.6) is 0 Å². The number of Topliss-reactive ketones (excluding diaryl/α,β-unsaturated/α-hetero) is 1. The number of methoxy groups -OCH3 is 1. The van der Waals surface area contributed by atoms with Gasteiger partial charge in [-0.1, -0.05) is 64.4 Å². The molecule has 0 radical (unpaired) electrons. The van der Waals surface area contributed by atoms with Crippen molar-refractivity contribution in [2.24, 2.45) is 23.7 Å². The molecule has 0 aliphatic carbocycles. The number of benzene rings is 1. The lowest BCUT2D eigenvalue weighted by Gasteiger charge is -2.38. The minimum absolute atomic E-state index is 0.0201. The van der Waals surface area contributed by atoms with Gasteiger partial charge in [-0.15, -0.1) is 11.3 Å². The van der Waals surface area contributed by atoms with Crippen molar-refractivity contribution in [1.29, 1.82) is 0 Å². The number of ether oxygens (including phenoxy) is 2. The number of aromatic nitrogens is 1. The van der Waals surface area contributed by atoms with Crippen molar-refractivity contribution in [2.75, 3.05) is 27.7 Å². The molecule has 7 atom stereocenters. The van der Waals surface area contributed by atoms with Crippen LogP contribution in [0.15, 0.2) is 35.7 Å². The van der Waals surface area contributed by atoms with E-state index in [2.05, 4.69) is 10.3 Å². The maximum atomic E-state index is 14.2. The van der Waals surface area contributed by atoms with Gasteiger partial charge in [0, 0.05) is 44.3 Å². The van der Waals surface area contributed by atoms with Gasteiger partial charge in [0.05, 0.1) is 30.9 Å². The first-order valence-corrected chi connectivity index (χ1v) is 19.3. The first-order chi connectivity index (χ1) is 25.3. The summed E-state index contributed by atoms with van der Waals surface area (Å²) in [5.74, 6) is -7.32. The molecule has 1 aromatic heterocycles. The number of nitrogens with zero attached hydrogens (tertiary/aromatic N) is 3. The van der Waals surface area contributed by atoms with E-state index in [4.69, 9.17) is 9.47 Å². The molecule has 1 N–H and O–H groups in total. The fourth-order valence-corrected chi connectivity index (χ4v) is 7.92. The van der Waals surface area contributed by atoms with Crippen LogP contribution in [0.3, 0.4) is 0 Å². The number of piperidine rings is 1. The van der Waals surface area contributed by atoms with Crippen LogP contribution in [0.25, 0.3) is 0 Å². The summed E-state index contributed by atoms with van der Waals surface area (Å²) < 4.78 is 53.1. The van der Waals surface area contributed by atoms with E-state index < -0.39 is 84.1 Å². The lowest BCUT2D eigenvalue weighted by Crippen LogP contribution is -2.49. The molecule has 11 nitrogen and oxygen atoms in total. The van der Waals surface area contributed by atoms with Gasteiger partial charge >= 0.3 is 18.1 Å². The molecule has 0 bridgehead atoms. The zero-order valence-electron chi connectivity index (χ0n) is 32.5. The number of carbonyl (C=O) groups is 5. The summed E-state index contributed by atoms with van der Waals surface area (Å²) in [4.78, 5) is 73.1. The minimum atomic E-state index is -4.72. The third kappa shape index (κ3) is 12.6. The second kappa shape index (κ2) is 20.2. The largest absolute Gasteiger partial charge is 0.469 e. The van der Waals surface area contributed by atoms with Crippen LogP contribution in [0.1, 0.15) is 100 Å². The van der Waals surface area contributed by atoms with Crippen LogP contribution in [-0.2, 0) is 35.1 Å². The number of halogens is 3. The molecule has 1 fully saturated rings. The van der Waals surface area contributed by atoms with Gasteiger partial charge in [0.15, 0.2) is 11.9 Å². The molecule has 300 valence electrons. The monoisotopic (exact) mass is 780 g/mol. The van der Waals surface area contributed by atoms with E-state index in [-0.39, 0.29) is 23.0 Å².